The van der Waals surface area contributed by atoms with E-state index < -0.39 is 0 Å². The molecule has 1 heterocycles. The first-order chi connectivity index (χ1) is 13.6. The lowest BCUT2D eigenvalue weighted by atomic mass is 10.1. The van der Waals surface area contributed by atoms with Crippen LogP contribution in [-0.2, 0) is 20.1 Å². The maximum Gasteiger partial charge on any atom is 0.193 e. The van der Waals surface area contributed by atoms with Crippen molar-refractivity contribution >= 4 is 5.96 Å². The summed E-state index contributed by atoms with van der Waals surface area (Å²) in [5.74, 6) is 2.53. The standard InChI is InChI=1S/C21H31N5O2/c1-22-21(25(2)14-16-12-24-26(3)15-16)23-13-17-9-10-19(27-4)11-20(17)28-18-7-5-6-8-18/h9-12,15,18H,5-8,13-14H2,1-4H3,(H,22,23). The minimum Gasteiger partial charge on any atom is -0.497 e. The molecule has 1 aromatic carbocycles. The van der Waals surface area contributed by atoms with Gasteiger partial charge in [-0.05, 0) is 37.8 Å². The minimum atomic E-state index is 0.304. The molecule has 1 aliphatic carbocycles. The zero-order valence-corrected chi connectivity index (χ0v) is 17.3. The summed E-state index contributed by atoms with van der Waals surface area (Å²) >= 11 is 0. The second-order valence-electron chi connectivity index (χ2n) is 7.28. The summed E-state index contributed by atoms with van der Waals surface area (Å²) in [7, 11) is 7.42. The monoisotopic (exact) mass is 385 g/mol. The maximum absolute atomic E-state index is 6.29. The van der Waals surface area contributed by atoms with Gasteiger partial charge in [0, 0.05) is 57.6 Å². The van der Waals surface area contributed by atoms with Crippen LogP contribution in [0.25, 0.3) is 0 Å². The van der Waals surface area contributed by atoms with E-state index in [2.05, 4.69) is 26.4 Å². The molecule has 1 aliphatic rings. The number of guanidine groups is 1. The van der Waals surface area contributed by atoms with E-state index in [1.807, 2.05) is 43.3 Å². The summed E-state index contributed by atoms with van der Waals surface area (Å²) in [4.78, 5) is 6.49. The first-order valence-electron chi connectivity index (χ1n) is 9.82. The van der Waals surface area contributed by atoms with Crippen LogP contribution in [0.4, 0.5) is 0 Å². The molecule has 1 N–H and O–H groups in total. The van der Waals surface area contributed by atoms with Crippen molar-refractivity contribution in [3.8, 4) is 11.5 Å². The van der Waals surface area contributed by atoms with Crippen LogP contribution in [0.15, 0.2) is 35.6 Å². The number of ether oxygens (including phenoxy) is 2. The number of aromatic nitrogens is 2. The summed E-state index contributed by atoms with van der Waals surface area (Å²) in [5, 5.41) is 7.67. The summed E-state index contributed by atoms with van der Waals surface area (Å²) in [6, 6.07) is 6.02. The quantitative estimate of drug-likeness (QED) is 0.586. The highest BCUT2D eigenvalue weighted by Gasteiger charge is 2.19. The van der Waals surface area contributed by atoms with Crippen molar-refractivity contribution in [1.29, 1.82) is 0 Å². The summed E-state index contributed by atoms with van der Waals surface area (Å²) in [6.07, 6.45) is 8.93. The SMILES string of the molecule is CN=C(NCc1ccc(OC)cc1OC1CCCC1)N(C)Cc1cnn(C)c1. The van der Waals surface area contributed by atoms with Crippen molar-refractivity contribution in [3.63, 3.8) is 0 Å². The van der Waals surface area contributed by atoms with Gasteiger partial charge in [0.25, 0.3) is 0 Å². The Hall–Kier alpha value is -2.70. The molecule has 0 saturated heterocycles. The first kappa shape index (κ1) is 20.0. The van der Waals surface area contributed by atoms with Crippen molar-refractivity contribution in [2.45, 2.75) is 44.9 Å². The fourth-order valence-electron chi connectivity index (χ4n) is 3.56. The Kier molecular flexibility index (Phi) is 6.79. The number of aliphatic imine (C=N–C) groups is 1. The van der Waals surface area contributed by atoms with Crippen LogP contribution < -0.4 is 14.8 Å². The van der Waals surface area contributed by atoms with Gasteiger partial charge in [0.15, 0.2) is 5.96 Å². The molecule has 2 aromatic rings. The van der Waals surface area contributed by atoms with Crippen LogP contribution in [-0.4, -0.2) is 47.9 Å². The molecule has 1 fully saturated rings. The van der Waals surface area contributed by atoms with Gasteiger partial charge in [-0.15, -0.1) is 0 Å². The van der Waals surface area contributed by atoms with E-state index in [1.165, 1.54) is 12.8 Å². The van der Waals surface area contributed by atoms with Gasteiger partial charge < -0.3 is 19.7 Å². The second kappa shape index (κ2) is 9.48. The molecule has 0 atom stereocenters. The average molecular weight is 386 g/mol. The lowest BCUT2D eigenvalue weighted by Gasteiger charge is -2.23. The fourth-order valence-corrected chi connectivity index (χ4v) is 3.56. The molecule has 0 amide bonds. The minimum absolute atomic E-state index is 0.304. The molecule has 0 bridgehead atoms. The highest BCUT2D eigenvalue weighted by Crippen LogP contribution is 2.30. The van der Waals surface area contributed by atoms with Crippen molar-refractivity contribution in [2.75, 3.05) is 21.2 Å². The molecule has 0 unspecified atom stereocenters. The van der Waals surface area contributed by atoms with E-state index in [0.29, 0.717) is 12.6 Å². The molecule has 152 valence electrons. The van der Waals surface area contributed by atoms with Crippen LogP contribution in [0.5, 0.6) is 11.5 Å². The van der Waals surface area contributed by atoms with E-state index in [-0.39, 0.29) is 0 Å². The highest BCUT2D eigenvalue weighted by atomic mass is 16.5. The number of hydrogen-bond donors (Lipinski definition) is 1. The smallest absolute Gasteiger partial charge is 0.193 e. The van der Waals surface area contributed by atoms with Crippen LogP contribution in [0.1, 0.15) is 36.8 Å². The van der Waals surface area contributed by atoms with Gasteiger partial charge in [0.05, 0.1) is 19.4 Å². The average Bonchev–Trinajstić information content (AvgIpc) is 3.34. The number of nitrogens with one attached hydrogen (secondary N) is 1. The second-order valence-corrected chi connectivity index (χ2v) is 7.28. The summed E-state index contributed by atoms with van der Waals surface area (Å²) < 4.78 is 13.5. The number of aryl methyl sites for hydroxylation is 1. The number of methoxy groups -OCH3 is 1. The van der Waals surface area contributed by atoms with Crippen LogP contribution in [0.2, 0.25) is 0 Å². The zero-order valence-electron chi connectivity index (χ0n) is 17.3. The highest BCUT2D eigenvalue weighted by molar-refractivity contribution is 5.79. The molecule has 7 nitrogen and oxygen atoms in total. The summed E-state index contributed by atoms with van der Waals surface area (Å²) in [5.41, 5.74) is 2.24. The van der Waals surface area contributed by atoms with Gasteiger partial charge in [-0.2, -0.15) is 5.10 Å². The molecule has 0 spiro atoms. The summed E-state index contributed by atoms with van der Waals surface area (Å²) in [6.45, 7) is 1.37. The van der Waals surface area contributed by atoms with Gasteiger partial charge in [0.1, 0.15) is 11.5 Å². The predicted octanol–water partition coefficient (Wildman–Crippen LogP) is 2.96. The maximum atomic E-state index is 6.29. The fraction of sp³-hybridized carbons (Fsp3) is 0.524. The number of nitrogens with zero attached hydrogens (tertiary/aromatic N) is 4. The molecular formula is C21H31N5O2. The molecule has 28 heavy (non-hydrogen) atoms. The molecule has 0 radical (unpaired) electrons. The van der Waals surface area contributed by atoms with Crippen molar-refractivity contribution in [2.24, 2.45) is 12.0 Å². The van der Waals surface area contributed by atoms with Gasteiger partial charge >= 0.3 is 0 Å². The van der Waals surface area contributed by atoms with Crippen molar-refractivity contribution < 1.29 is 9.47 Å². The Morgan fingerprint density at radius 3 is 2.79 bits per heavy atom. The van der Waals surface area contributed by atoms with E-state index >= 15 is 0 Å². The third-order valence-electron chi connectivity index (χ3n) is 5.06. The Morgan fingerprint density at radius 1 is 1.36 bits per heavy atom. The van der Waals surface area contributed by atoms with Crippen LogP contribution in [0, 0.1) is 0 Å². The lowest BCUT2D eigenvalue weighted by molar-refractivity contribution is 0.207. The van der Waals surface area contributed by atoms with E-state index in [1.54, 1.807) is 14.2 Å². The molecule has 0 aliphatic heterocycles. The van der Waals surface area contributed by atoms with Gasteiger partial charge in [-0.3, -0.25) is 9.67 Å². The lowest BCUT2D eigenvalue weighted by Crippen LogP contribution is -2.38. The van der Waals surface area contributed by atoms with Crippen LogP contribution in [0.3, 0.4) is 0 Å². The van der Waals surface area contributed by atoms with Crippen LogP contribution >= 0.6 is 0 Å². The zero-order chi connectivity index (χ0) is 19.9. The Balaban J connectivity index is 1.65. The third kappa shape index (κ3) is 5.18. The molecule has 1 aromatic heterocycles. The Morgan fingerprint density at radius 2 is 2.14 bits per heavy atom. The van der Waals surface area contributed by atoms with E-state index in [4.69, 9.17) is 9.47 Å². The third-order valence-corrected chi connectivity index (χ3v) is 5.06. The molecule has 1 saturated carbocycles. The Labute approximate surface area is 167 Å². The number of benzene rings is 1. The molecule has 3 rings (SSSR count). The molecular weight excluding hydrogens is 354 g/mol. The van der Waals surface area contributed by atoms with Gasteiger partial charge in [-0.25, -0.2) is 0 Å². The van der Waals surface area contributed by atoms with E-state index in [0.717, 1.165) is 48.0 Å². The first-order valence-corrected chi connectivity index (χ1v) is 9.82. The normalized spacial score (nSPS) is 14.9. The van der Waals surface area contributed by atoms with Gasteiger partial charge in [0.2, 0.25) is 0 Å². The largest absolute Gasteiger partial charge is 0.497 e. The number of hydrogen-bond acceptors (Lipinski definition) is 4. The predicted molar refractivity (Wildman–Crippen MR) is 111 cm³/mol. The van der Waals surface area contributed by atoms with E-state index in [9.17, 15) is 0 Å². The number of rotatable bonds is 7. The van der Waals surface area contributed by atoms with Crippen molar-refractivity contribution in [3.05, 3.63) is 41.7 Å². The topological polar surface area (TPSA) is 63.9 Å². The molecule has 7 heteroatoms. The van der Waals surface area contributed by atoms with Crippen molar-refractivity contribution in [1.82, 2.24) is 20.0 Å². The Bertz CT molecular complexity index is 796. The van der Waals surface area contributed by atoms with Gasteiger partial charge in [-0.1, -0.05) is 0 Å².